The second-order valence-electron chi connectivity index (χ2n) is 6.81. The van der Waals surface area contributed by atoms with Crippen LogP contribution in [0.4, 0.5) is 5.69 Å². The zero-order valence-corrected chi connectivity index (χ0v) is 17.7. The summed E-state index contributed by atoms with van der Waals surface area (Å²) >= 11 is 0. The lowest BCUT2D eigenvalue weighted by Crippen LogP contribution is -2.32. The van der Waals surface area contributed by atoms with Crippen LogP contribution >= 0.6 is 0 Å². The van der Waals surface area contributed by atoms with Crippen LogP contribution in [0.1, 0.15) is 21.5 Å². The quantitative estimate of drug-likeness (QED) is 0.600. The van der Waals surface area contributed by atoms with Crippen LogP contribution < -0.4 is 14.4 Å². The second kappa shape index (κ2) is 9.45. The molecule has 0 unspecified atom stereocenters. The maximum Gasteiger partial charge on any atom is 0.253 e. The normalized spacial score (nSPS) is 11.0. The standard InChI is InChI=1S/C23H24N2O4S/c1-29-20-12-8-11-19(15-20)16-24-23(26)21-13-6-7-14-22(21)25(30(2,27)28)17-18-9-4-3-5-10-18/h3-15H,16-17H2,1-2H3,(H,24,26). The minimum absolute atomic E-state index is 0.139. The molecule has 1 N–H and O–H groups in total. The van der Waals surface area contributed by atoms with E-state index in [9.17, 15) is 13.2 Å². The molecule has 3 aromatic carbocycles. The number of hydrogen-bond donors (Lipinski definition) is 1. The average molecular weight is 425 g/mol. The van der Waals surface area contributed by atoms with Gasteiger partial charge in [0, 0.05) is 6.54 Å². The van der Waals surface area contributed by atoms with Gasteiger partial charge in [-0.15, -0.1) is 0 Å². The molecule has 0 fully saturated rings. The van der Waals surface area contributed by atoms with Gasteiger partial charge in [0.1, 0.15) is 5.75 Å². The predicted molar refractivity (Wildman–Crippen MR) is 118 cm³/mol. The smallest absolute Gasteiger partial charge is 0.253 e. The Hall–Kier alpha value is -3.32. The van der Waals surface area contributed by atoms with Crippen molar-refractivity contribution in [3.8, 4) is 5.75 Å². The molecule has 1 amide bonds. The van der Waals surface area contributed by atoms with Crippen LogP contribution in [-0.2, 0) is 23.1 Å². The highest BCUT2D eigenvalue weighted by Crippen LogP contribution is 2.25. The van der Waals surface area contributed by atoms with Gasteiger partial charge < -0.3 is 10.1 Å². The molecule has 0 aliphatic rings. The van der Waals surface area contributed by atoms with Gasteiger partial charge in [0.2, 0.25) is 10.0 Å². The number of carbonyl (C=O) groups excluding carboxylic acids is 1. The van der Waals surface area contributed by atoms with Gasteiger partial charge in [0.15, 0.2) is 0 Å². The van der Waals surface area contributed by atoms with Crippen molar-refractivity contribution in [1.29, 1.82) is 0 Å². The summed E-state index contributed by atoms with van der Waals surface area (Å²) in [5.41, 5.74) is 2.34. The topological polar surface area (TPSA) is 75.7 Å². The maximum absolute atomic E-state index is 12.9. The summed E-state index contributed by atoms with van der Waals surface area (Å²) in [4.78, 5) is 12.9. The van der Waals surface area contributed by atoms with Gasteiger partial charge >= 0.3 is 0 Å². The molecule has 0 heterocycles. The van der Waals surface area contributed by atoms with Crippen molar-refractivity contribution in [3.63, 3.8) is 0 Å². The fourth-order valence-corrected chi connectivity index (χ4v) is 3.97. The molecule has 3 aromatic rings. The second-order valence-corrected chi connectivity index (χ2v) is 8.71. The maximum atomic E-state index is 12.9. The lowest BCUT2D eigenvalue weighted by molar-refractivity contribution is 0.0951. The van der Waals surface area contributed by atoms with E-state index < -0.39 is 10.0 Å². The van der Waals surface area contributed by atoms with Gasteiger partial charge in [-0.3, -0.25) is 9.10 Å². The lowest BCUT2D eigenvalue weighted by Gasteiger charge is -2.24. The molecule has 7 heteroatoms. The third-order valence-corrected chi connectivity index (χ3v) is 5.70. The number of nitrogens with one attached hydrogen (secondary N) is 1. The summed E-state index contributed by atoms with van der Waals surface area (Å²) in [6, 6.07) is 23.4. The Morgan fingerprint density at radius 1 is 0.933 bits per heavy atom. The summed E-state index contributed by atoms with van der Waals surface area (Å²) < 4.78 is 31.5. The molecular formula is C23H24N2O4S. The van der Waals surface area contributed by atoms with Gasteiger partial charge in [-0.25, -0.2) is 8.42 Å². The number of nitrogens with zero attached hydrogens (tertiary/aromatic N) is 1. The van der Waals surface area contributed by atoms with E-state index in [1.54, 1.807) is 31.4 Å². The highest BCUT2D eigenvalue weighted by molar-refractivity contribution is 7.92. The third kappa shape index (κ3) is 5.39. The fourth-order valence-electron chi connectivity index (χ4n) is 3.07. The molecule has 0 bridgehead atoms. The summed E-state index contributed by atoms with van der Waals surface area (Å²) in [5, 5.41) is 2.86. The number of para-hydroxylation sites is 1. The van der Waals surface area contributed by atoms with Crippen LogP contribution in [0, 0.1) is 0 Å². The number of benzene rings is 3. The molecule has 0 atom stereocenters. The van der Waals surface area contributed by atoms with E-state index in [1.807, 2.05) is 54.6 Å². The van der Waals surface area contributed by atoms with Crippen LogP contribution in [0.2, 0.25) is 0 Å². The molecule has 30 heavy (non-hydrogen) atoms. The molecule has 6 nitrogen and oxygen atoms in total. The van der Waals surface area contributed by atoms with Crippen LogP contribution in [-0.4, -0.2) is 27.7 Å². The Morgan fingerprint density at radius 2 is 1.60 bits per heavy atom. The Kier molecular flexibility index (Phi) is 6.74. The molecule has 0 radical (unpaired) electrons. The molecule has 0 aromatic heterocycles. The van der Waals surface area contributed by atoms with Crippen molar-refractivity contribution in [2.45, 2.75) is 13.1 Å². The van der Waals surface area contributed by atoms with E-state index in [0.717, 1.165) is 17.4 Å². The third-order valence-electron chi connectivity index (χ3n) is 4.57. The first-order chi connectivity index (χ1) is 14.4. The van der Waals surface area contributed by atoms with Gasteiger partial charge in [-0.2, -0.15) is 0 Å². The summed E-state index contributed by atoms with van der Waals surface area (Å²) in [7, 11) is -2.03. The Morgan fingerprint density at radius 3 is 2.30 bits per heavy atom. The molecule has 3 rings (SSSR count). The molecule has 0 saturated heterocycles. The largest absolute Gasteiger partial charge is 0.497 e. The van der Waals surface area contributed by atoms with Crippen LogP contribution in [0.3, 0.4) is 0 Å². The van der Waals surface area contributed by atoms with E-state index in [-0.39, 0.29) is 12.5 Å². The van der Waals surface area contributed by atoms with Crippen molar-refractivity contribution in [2.24, 2.45) is 0 Å². The highest BCUT2D eigenvalue weighted by Gasteiger charge is 2.23. The molecule has 0 saturated carbocycles. The van der Waals surface area contributed by atoms with E-state index in [4.69, 9.17) is 4.74 Å². The number of hydrogen-bond acceptors (Lipinski definition) is 4. The number of methoxy groups -OCH3 is 1. The first-order valence-corrected chi connectivity index (χ1v) is 11.2. The summed E-state index contributed by atoms with van der Waals surface area (Å²) in [6.07, 6.45) is 1.14. The van der Waals surface area contributed by atoms with E-state index in [0.29, 0.717) is 23.5 Å². The highest BCUT2D eigenvalue weighted by atomic mass is 32.2. The van der Waals surface area contributed by atoms with Crippen molar-refractivity contribution >= 4 is 21.6 Å². The van der Waals surface area contributed by atoms with Gasteiger partial charge in [0.05, 0.1) is 31.2 Å². The van der Waals surface area contributed by atoms with Gasteiger partial charge in [0.25, 0.3) is 5.91 Å². The van der Waals surface area contributed by atoms with E-state index >= 15 is 0 Å². The molecule has 156 valence electrons. The molecular weight excluding hydrogens is 400 g/mol. The van der Waals surface area contributed by atoms with E-state index in [2.05, 4.69) is 5.32 Å². The van der Waals surface area contributed by atoms with Crippen molar-refractivity contribution in [3.05, 3.63) is 95.6 Å². The Labute approximate surface area is 177 Å². The zero-order chi connectivity index (χ0) is 21.6. The Balaban J connectivity index is 1.86. The lowest BCUT2D eigenvalue weighted by atomic mass is 10.1. The van der Waals surface area contributed by atoms with Gasteiger partial charge in [-0.05, 0) is 35.4 Å². The van der Waals surface area contributed by atoms with Crippen LogP contribution in [0.5, 0.6) is 5.75 Å². The van der Waals surface area contributed by atoms with Crippen molar-refractivity contribution in [2.75, 3.05) is 17.7 Å². The number of rotatable bonds is 8. The minimum atomic E-state index is -3.61. The summed E-state index contributed by atoms with van der Waals surface area (Å²) in [6.45, 7) is 0.432. The zero-order valence-electron chi connectivity index (χ0n) is 16.9. The molecule has 0 aliphatic carbocycles. The fraction of sp³-hybridized carbons (Fsp3) is 0.174. The summed E-state index contributed by atoms with van der Waals surface area (Å²) in [5.74, 6) is 0.350. The Bertz CT molecular complexity index is 1110. The number of carbonyl (C=O) groups is 1. The number of sulfonamides is 1. The van der Waals surface area contributed by atoms with Gasteiger partial charge in [-0.1, -0.05) is 54.6 Å². The van der Waals surface area contributed by atoms with E-state index in [1.165, 1.54) is 4.31 Å². The van der Waals surface area contributed by atoms with Crippen LogP contribution in [0.15, 0.2) is 78.9 Å². The number of anilines is 1. The van der Waals surface area contributed by atoms with Crippen molar-refractivity contribution in [1.82, 2.24) is 5.32 Å². The predicted octanol–water partition coefficient (Wildman–Crippen LogP) is 3.59. The first kappa shape index (κ1) is 21.4. The van der Waals surface area contributed by atoms with Crippen LogP contribution in [0.25, 0.3) is 0 Å². The SMILES string of the molecule is COc1cccc(CNC(=O)c2ccccc2N(Cc2ccccc2)S(C)(=O)=O)c1. The average Bonchev–Trinajstić information content (AvgIpc) is 2.76. The number of amides is 1. The monoisotopic (exact) mass is 424 g/mol. The number of ether oxygens (including phenoxy) is 1. The molecule has 0 aliphatic heterocycles. The van der Waals surface area contributed by atoms with Crippen molar-refractivity contribution < 1.29 is 17.9 Å². The minimum Gasteiger partial charge on any atom is -0.497 e. The first-order valence-electron chi connectivity index (χ1n) is 9.40. The molecule has 0 spiro atoms.